The largest absolute Gasteiger partial charge is 0.465 e. The second-order valence-electron chi connectivity index (χ2n) is 4.74. The van der Waals surface area contributed by atoms with Crippen molar-refractivity contribution in [1.29, 1.82) is 5.26 Å². The van der Waals surface area contributed by atoms with E-state index in [2.05, 4.69) is 15.0 Å². The van der Waals surface area contributed by atoms with Gasteiger partial charge in [0.2, 0.25) is 0 Å². The van der Waals surface area contributed by atoms with Crippen molar-refractivity contribution in [2.45, 2.75) is 0 Å². The molecule has 1 aromatic heterocycles. The van der Waals surface area contributed by atoms with E-state index in [-0.39, 0.29) is 11.1 Å². The van der Waals surface area contributed by atoms with Gasteiger partial charge in [0.05, 0.1) is 28.5 Å². The lowest BCUT2D eigenvalue weighted by molar-refractivity contribution is 0.0602. The summed E-state index contributed by atoms with van der Waals surface area (Å²) >= 11 is 1.11. The van der Waals surface area contributed by atoms with Gasteiger partial charge in [-0.05, 0) is 30.3 Å². The van der Waals surface area contributed by atoms with Gasteiger partial charge in [-0.25, -0.2) is 18.6 Å². The summed E-state index contributed by atoms with van der Waals surface area (Å²) in [5.41, 5.74) is 0.623. The highest BCUT2D eigenvalue weighted by atomic mass is 32.1. The summed E-state index contributed by atoms with van der Waals surface area (Å²) in [6, 6.07) is 8.06. The number of methoxy groups -OCH3 is 1. The minimum Gasteiger partial charge on any atom is -0.465 e. The number of anilines is 2. The highest BCUT2D eigenvalue weighted by Crippen LogP contribution is 2.31. The Balaban J connectivity index is 2.01. The van der Waals surface area contributed by atoms with Crippen LogP contribution in [0.25, 0.3) is 10.2 Å². The van der Waals surface area contributed by atoms with Gasteiger partial charge in [0.15, 0.2) is 5.13 Å². The fraction of sp³-hybridized carbons (Fsp3) is 0.0625. The van der Waals surface area contributed by atoms with Crippen molar-refractivity contribution in [1.82, 2.24) is 4.98 Å². The molecule has 0 fully saturated rings. The molecule has 0 aliphatic heterocycles. The molecule has 2 aromatic carbocycles. The van der Waals surface area contributed by atoms with Crippen molar-refractivity contribution in [3.05, 3.63) is 53.1 Å². The number of halogens is 2. The van der Waals surface area contributed by atoms with Gasteiger partial charge < -0.3 is 10.1 Å². The summed E-state index contributed by atoms with van der Waals surface area (Å²) in [5, 5.41) is 12.0. The van der Waals surface area contributed by atoms with Crippen LogP contribution in [0.4, 0.5) is 19.6 Å². The van der Waals surface area contributed by atoms with E-state index in [1.165, 1.54) is 25.3 Å². The maximum atomic E-state index is 13.6. The fourth-order valence-corrected chi connectivity index (χ4v) is 3.06. The molecule has 0 unspecified atom stereocenters. The number of nitrogens with zero attached hydrogens (tertiary/aromatic N) is 2. The summed E-state index contributed by atoms with van der Waals surface area (Å²) in [5.74, 6) is -1.94. The van der Waals surface area contributed by atoms with Crippen molar-refractivity contribution in [3.63, 3.8) is 0 Å². The Morgan fingerprint density at radius 3 is 2.79 bits per heavy atom. The first-order valence-electron chi connectivity index (χ1n) is 6.67. The second kappa shape index (κ2) is 6.22. The predicted octanol–water partition coefficient (Wildman–Crippen LogP) is 3.98. The van der Waals surface area contributed by atoms with Crippen molar-refractivity contribution < 1.29 is 18.3 Å². The van der Waals surface area contributed by atoms with Gasteiger partial charge in [0.25, 0.3) is 0 Å². The third-order valence-corrected chi connectivity index (χ3v) is 4.12. The van der Waals surface area contributed by atoms with E-state index in [1.807, 2.05) is 0 Å². The van der Waals surface area contributed by atoms with E-state index in [1.54, 1.807) is 6.07 Å². The van der Waals surface area contributed by atoms with Crippen LogP contribution in [0, 0.1) is 23.0 Å². The highest BCUT2D eigenvalue weighted by molar-refractivity contribution is 7.22. The molecular formula is C16H9F2N3O2S. The monoisotopic (exact) mass is 345 g/mol. The van der Waals surface area contributed by atoms with E-state index in [0.717, 1.165) is 23.5 Å². The summed E-state index contributed by atoms with van der Waals surface area (Å²) in [6.45, 7) is 0. The number of thiazole rings is 1. The molecule has 1 N–H and O–H groups in total. The summed E-state index contributed by atoms with van der Waals surface area (Å²) in [7, 11) is 1.20. The van der Waals surface area contributed by atoms with Crippen LogP contribution in [0.5, 0.6) is 0 Å². The molecule has 8 heteroatoms. The van der Waals surface area contributed by atoms with Crippen LogP contribution in [0.2, 0.25) is 0 Å². The zero-order valence-electron chi connectivity index (χ0n) is 12.3. The van der Waals surface area contributed by atoms with Gasteiger partial charge in [-0.1, -0.05) is 11.3 Å². The molecule has 3 aromatic rings. The first-order chi connectivity index (χ1) is 11.5. The molecule has 1 heterocycles. The molecule has 3 rings (SSSR count). The van der Waals surface area contributed by atoms with Crippen LogP contribution in [0.1, 0.15) is 15.9 Å². The van der Waals surface area contributed by atoms with E-state index in [0.29, 0.717) is 21.0 Å². The molecule has 24 heavy (non-hydrogen) atoms. The lowest BCUT2D eigenvalue weighted by Crippen LogP contribution is -2.02. The Labute approximate surface area is 139 Å². The van der Waals surface area contributed by atoms with Gasteiger partial charge in [-0.3, -0.25) is 0 Å². The number of benzene rings is 2. The van der Waals surface area contributed by atoms with Crippen molar-refractivity contribution in [2.24, 2.45) is 0 Å². The molecule has 0 spiro atoms. The van der Waals surface area contributed by atoms with Crippen LogP contribution in [-0.4, -0.2) is 18.1 Å². The number of hydrogen-bond donors (Lipinski definition) is 1. The molecule has 5 nitrogen and oxygen atoms in total. The van der Waals surface area contributed by atoms with Crippen LogP contribution in [0.3, 0.4) is 0 Å². The SMILES string of the molecule is COC(=O)c1cc(F)cc2sc(Nc3ccc(C#N)c(F)c3)nc12. The average molecular weight is 345 g/mol. The number of nitriles is 1. The third-order valence-electron chi connectivity index (χ3n) is 3.21. The number of ether oxygens (including phenoxy) is 1. The van der Waals surface area contributed by atoms with Gasteiger partial charge >= 0.3 is 5.97 Å². The predicted molar refractivity (Wildman–Crippen MR) is 85.3 cm³/mol. The normalized spacial score (nSPS) is 10.4. The van der Waals surface area contributed by atoms with Gasteiger partial charge in [0, 0.05) is 5.69 Å². The fourth-order valence-electron chi connectivity index (χ4n) is 2.12. The molecule has 0 amide bonds. The van der Waals surface area contributed by atoms with Crippen molar-refractivity contribution in [3.8, 4) is 6.07 Å². The number of carbonyl (C=O) groups excluding carboxylic acids is 1. The van der Waals surface area contributed by atoms with Crippen LogP contribution in [0.15, 0.2) is 30.3 Å². The van der Waals surface area contributed by atoms with E-state index >= 15 is 0 Å². The zero-order chi connectivity index (χ0) is 17.3. The van der Waals surface area contributed by atoms with Crippen LogP contribution in [-0.2, 0) is 4.74 Å². The number of fused-ring (bicyclic) bond motifs is 1. The molecule has 0 saturated heterocycles. The number of nitrogens with one attached hydrogen (secondary N) is 1. The molecule has 0 aliphatic rings. The summed E-state index contributed by atoms with van der Waals surface area (Å²) < 4.78 is 32.4. The number of carbonyl (C=O) groups is 1. The van der Waals surface area contributed by atoms with Crippen LogP contribution < -0.4 is 5.32 Å². The number of aromatic nitrogens is 1. The standard InChI is InChI=1S/C16H9F2N3O2S/c1-23-15(22)11-4-9(17)5-13-14(11)21-16(24-13)20-10-3-2-8(7-19)12(18)6-10/h2-6H,1H3,(H,20,21). The second-order valence-corrected chi connectivity index (χ2v) is 5.77. The highest BCUT2D eigenvalue weighted by Gasteiger charge is 2.17. The van der Waals surface area contributed by atoms with Gasteiger partial charge in [-0.15, -0.1) is 0 Å². The number of rotatable bonds is 3. The Hall–Kier alpha value is -3.05. The van der Waals surface area contributed by atoms with Gasteiger partial charge in [0.1, 0.15) is 17.7 Å². The van der Waals surface area contributed by atoms with Gasteiger partial charge in [-0.2, -0.15) is 5.26 Å². The molecule has 0 bridgehead atoms. The van der Waals surface area contributed by atoms with E-state index in [9.17, 15) is 13.6 Å². The Kier molecular flexibility index (Phi) is 4.10. The lowest BCUT2D eigenvalue weighted by atomic mass is 10.2. The average Bonchev–Trinajstić information content (AvgIpc) is 2.95. The van der Waals surface area contributed by atoms with E-state index in [4.69, 9.17) is 5.26 Å². The number of hydrogen-bond acceptors (Lipinski definition) is 6. The zero-order valence-corrected chi connectivity index (χ0v) is 13.1. The Bertz CT molecular complexity index is 995. The first kappa shape index (κ1) is 15.8. The Morgan fingerprint density at radius 2 is 2.12 bits per heavy atom. The van der Waals surface area contributed by atoms with Crippen molar-refractivity contribution in [2.75, 3.05) is 12.4 Å². The molecular weight excluding hydrogens is 336 g/mol. The maximum absolute atomic E-state index is 13.6. The van der Waals surface area contributed by atoms with E-state index < -0.39 is 17.6 Å². The quantitative estimate of drug-likeness (QED) is 0.727. The maximum Gasteiger partial charge on any atom is 0.340 e. The summed E-state index contributed by atoms with van der Waals surface area (Å²) in [4.78, 5) is 16.0. The molecule has 120 valence electrons. The first-order valence-corrected chi connectivity index (χ1v) is 7.48. The smallest absolute Gasteiger partial charge is 0.340 e. The molecule has 0 radical (unpaired) electrons. The molecule has 0 atom stereocenters. The lowest BCUT2D eigenvalue weighted by Gasteiger charge is -2.02. The molecule has 0 saturated carbocycles. The topological polar surface area (TPSA) is 75.0 Å². The summed E-state index contributed by atoms with van der Waals surface area (Å²) in [6.07, 6.45) is 0. The molecule has 0 aliphatic carbocycles. The third kappa shape index (κ3) is 2.89. The minimum absolute atomic E-state index is 0.0165. The van der Waals surface area contributed by atoms with Crippen LogP contribution >= 0.6 is 11.3 Å². The van der Waals surface area contributed by atoms with Crippen molar-refractivity contribution >= 4 is 38.3 Å². The number of esters is 1. The Morgan fingerprint density at radius 1 is 1.33 bits per heavy atom. The minimum atomic E-state index is -0.694.